The average molecular weight is 294 g/mol. The van der Waals surface area contributed by atoms with Gasteiger partial charge >= 0.3 is 5.97 Å². The van der Waals surface area contributed by atoms with Crippen molar-refractivity contribution in [1.29, 1.82) is 0 Å². The van der Waals surface area contributed by atoms with E-state index in [1.807, 2.05) is 11.6 Å². The number of rotatable bonds is 7. The summed E-state index contributed by atoms with van der Waals surface area (Å²) in [6.45, 7) is 2.09. The van der Waals surface area contributed by atoms with Crippen molar-refractivity contribution in [2.75, 3.05) is 12.4 Å². The summed E-state index contributed by atoms with van der Waals surface area (Å²) in [7, 11) is 1.39. The van der Waals surface area contributed by atoms with Crippen LogP contribution in [0.3, 0.4) is 0 Å². The third kappa shape index (κ3) is 3.80. The molecule has 2 aromatic rings. The first-order valence-electron chi connectivity index (χ1n) is 6.50. The maximum atomic E-state index is 11.1. The number of aromatic nitrogens is 3. The van der Waals surface area contributed by atoms with Crippen molar-refractivity contribution in [3.63, 3.8) is 0 Å². The first kappa shape index (κ1) is 14.5. The Morgan fingerprint density at radius 3 is 3.10 bits per heavy atom. The van der Waals surface area contributed by atoms with Crippen LogP contribution in [0.15, 0.2) is 17.8 Å². The zero-order valence-electron chi connectivity index (χ0n) is 11.5. The quantitative estimate of drug-likeness (QED) is 0.767. The van der Waals surface area contributed by atoms with Gasteiger partial charge in [0.25, 0.3) is 0 Å². The van der Waals surface area contributed by atoms with Crippen LogP contribution in [0, 0.1) is 0 Å². The third-order valence-corrected chi connectivity index (χ3v) is 3.74. The van der Waals surface area contributed by atoms with Crippen molar-refractivity contribution < 1.29 is 9.53 Å². The lowest BCUT2D eigenvalue weighted by Gasteiger charge is -2.13. The normalized spacial score (nSPS) is 12.1. The lowest BCUT2D eigenvalue weighted by Crippen LogP contribution is -2.11. The minimum absolute atomic E-state index is 0.115. The smallest absolute Gasteiger partial charge is 0.305 e. The Labute approximate surface area is 121 Å². The Hall–Kier alpha value is -1.89. The molecule has 1 unspecified atom stereocenters. The summed E-state index contributed by atoms with van der Waals surface area (Å²) in [5.74, 6) is 0.688. The molecule has 20 heavy (non-hydrogen) atoms. The number of carbonyl (C=O) groups excluding carboxylic acids is 1. The molecule has 0 aliphatic heterocycles. The van der Waals surface area contributed by atoms with Crippen LogP contribution in [0.2, 0.25) is 0 Å². The van der Waals surface area contributed by atoms with E-state index >= 15 is 0 Å². The van der Waals surface area contributed by atoms with Crippen molar-refractivity contribution in [3.05, 3.63) is 29.3 Å². The Balaban J connectivity index is 1.93. The van der Waals surface area contributed by atoms with Gasteiger partial charge in [-0.25, -0.2) is 9.97 Å². The first-order chi connectivity index (χ1) is 9.72. The van der Waals surface area contributed by atoms with Crippen LogP contribution in [-0.4, -0.2) is 28.0 Å². The van der Waals surface area contributed by atoms with Crippen LogP contribution in [0.5, 0.6) is 0 Å². The fourth-order valence-electron chi connectivity index (χ4n) is 1.80. The molecule has 2 rings (SSSR count). The highest BCUT2D eigenvalue weighted by Crippen LogP contribution is 2.23. The van der Waals surface area contributed by atoms with Gasteiger partial charge in [0.2, 0.25) is 0 Å². The maximum absolute atomic E-state index is 11.1. The van der Waals surface area contributed by atoms with Gasteiger partial charge in [-0.2, -0.15) is 0 Å². The van der Waals surface area contributed by atoms with E-state index < -0.39 is 0 Å². The number of H-pyrrole nitrogens is 1. The number of anilines is 1. The molecule has 7 heteroatoms. The van der Waals surface area contributed by atoms with Crippen molar-refractivity contribution in [1.82, 2.24) is 15.0 Å². The molecule has 1 atom stereocenters. The first-order valence-corrected chi connectivity index (χ1v) is 7.38. The Bertz CT molecular complexity index is 538. The molecule has 0 aliphatic carbocycles. The van der Waals surface area contributed by atoms with Gasteiger partial charge in [0.05, 0.1) is 25.3 Å². The standard InChI is InChI=1S/C13H18N4O2S/c1-3-10(12-14-6-7-15-12)17-13-16-9(8-20-13)4-5-11(18)19-2/h6-8,10H,3-5H2,1-2H3,(H,14,15)(H,16,17). The molecule has 108 valence electrons. The van der Waals surface area contributed by atoms with Gasteiger partial charge in [-0.15, -0.1) is 11.3 Å². The number of aryl methyl sites for hydroxylation is 1. The predicted molar refractivity (Wildman–Crippen MR) is 77.7 cm³/mol. The van der Waals surface area contributed by atoms with Crippen LogP contribution in [0.4, 0.5) is 5.13 Å². The van der Waals surface area contributed by atoms with Crippen LogP contribution < -0.4 is 5.32 Å². The molecular weight excluding hydrogens is 276 g/mol. The summed E-state index contributed by atoms with van der Waals surface area (Å²) in [4.78, 5) is 22.9. The number of esters is 1. The van der Waals surface area contributed by atoms with Crippen molar-refractivity contribution in [2.45, 2.75) is 32.2 Å². The second-order valence-electron chi connectivity index (χ2n) is 4.30. The maximum Gasteiger partial charge on any atom is 0.305 e. The SMILES string of the molecule is CCC(Nc1nc(CCC(=O)OC)cs1)c1ncc[nH]1. The van der Waals surface area contributed by atoms with E-state index in [9.17, 15) is 4.79 Å². The van der Waals surface area contributed by atoms with Gasteiger partial charge in [-0.05, 0) is 6.42 Å². The van der Waals surface area contributed by atoms with Crippen LogP contribution in [0.25, 0.3) is 0 Å². The van der Waals surface area contributed by atoms with E-state index in [1.54, 1.807) is 6.20 Å². The summed E-state index contributed by atoms with van der Waals surface area (Å²) in [5, 5.41) is 6.15. The molecule has 2 heterocycles. The predicted octanol–water partition coefficient (Wildman–Crippen LogP) is 2.54. The van der Waals surface area contributed by atoms with E-state index in [0.717, 1.165) is 23.1 Å². The zero-order valence-corrected chi connectivity index (χ0v) is 12.4. The molecule has 2 aromatic heterocycles. The number of hydrogen-bond donors (Lipinski definition) is 2. The molecule has 0 spiro atoms. The van der Waals surface area contributed by atoms with Gasteiger partial charge < -0.3 is 15.0 Å². The zero-order chi connectivity index (χ0) is 14.4. The van der Waals surface area contributed by atoms with Crippen LogP contribution in [0.1, 0.15) is 37.3 Å². The fraction of sp³-hybridized carbons (Fsp3) is 0.462. The average Bonchev–Trinajstić information content (AvgIpc) is 3.13. The molecule has 0 saturated heterocycles. The van der Waals surface area contributed by atoms with Crippen molar-refractivity contribution in [2.24, 2.45) is 0 Å². The van der Waals surface area contributed by atoms with E-state index in [-0.39, 0.29) is 12.0 Å². The molecule has 0 aliphatic rings. The second-order valence-corrected chi connectivity index (χ2v) is 5.16. The van der Waals surface area contributed by atoms with E-state index in [0.29, 0.717) is 12.8 Å². The number of aromatic amines is 1. The molecule has 2 N–H and O–H groups in total. The Morgan fingerprint density at radius 1 is 1.60 bits per heavy atom. The summed E-state index contributed by atoms with van der Waals surface area (Å²) in [6, 6.07) is 0.115. The summed E-state index contributed by atoms with van der Waals surface area (Å²) in [6.07, 6.45) is 5.41. The largest absolute Gasteiger partial charge is 0.469 e. The van der Waals surface area contributed by atoms with E-state index in [2.05, 4.69) is 31.9 Å². The number of hydrogen-bond acceptors (Lipinski definition) is 6. The molecule has 0 aromatic carbocycles. The molecular formula is C13H18N4O2S. The number of thiazole rings is 1. The number of imidazole rings is 1. The number of methoxy groups -OCH3 is 1. The Kier molecular flexibility index (Phi) is 5.11. The summed E-state index contributed by atoms with van der Waals surface area (Å²) in [5.41, 5.74) is 0.900. The summed E-state index contributed by atoms with van der Waals surface area (Å²) < 4.78 is 4.62. The number of nitrogens with zero attached hydrogens (tertiary/aromatic N) is 2. The van der Waals surface area contributed by atoms with Gasteiger partial charge in [0.15, 0.2) is 5.13 Å². The summed E-state index contributed by atoms with van der Waals surface area (Å²) >= 11 is 1.53. The lowest BCUT2D eigenvalue weighted by molar-refractivity contribution is -0.140. The second kappa shape index (κ2) is 7.04. The number of carbonyl (C=O) groups is 1. The minimum Gasteiger partial charge on any atom is -0.469 e. The van der Waals surface area contributed by atoms with Crippen LogP contribution >= 0.6 is 11.3 Å². The molecule has 0 bridgehead atoms. The van der Waals surface area contributed by atoms with Gasteiger partial charge in [-0.1, -0.05) is 6.92 Å². The monoisotopic (exact) mass is 294 g/mol. The Morgan fingerprint density at radius 2 is 2.45 bits per heavy atom. The highest BCUT2D eigenvalue weighted by atomic mass is 32.1. The van der Waals surface area contributed by atoms with E-state index in [1.165, 1.54) is 18.4 Å². The molecule has 0 radical (unpaired) electrons. The fourth-order valence-corrected chi connectivity index (χ4v) is 2.60. The highest BCUT2D eigenvalue weighted by molar-refractivity contribution is 7.13. The number of nitrogens with one attached hydrogen (secondary N) is 2. The van der Waals surface area contributed by atoms with Gasteiger partial charge in [0.1, 0.15) is 5.82 Å². The van der Waals surface area contributed by atoms with Crippen molar-refractivity contribution in [3.8, 4) is 0 Å². The molecule has 0 fully saturated rings. The van der Waals surface area contributed by atoms with Gasteiger partial charge in [0, 0.05) is 24.2 Å². The number of ether oxygens (including phenoxy) is 1. The minimum atomic E-state index is -0.213. The third-order valence-electron chi connectivity index (χ3n) is 2.92. The lowest BCUT2D eigenvalue weighted by atomic mass is 10.2. The highest BCUT2D eigenvalue weighted by Gasteiger charge is 2.13. The molecule has 0 saturated carbocycles. The van der Waals surface area contributed by atoms with Crippen molar-refractivity contribution >= 4 is 22.4 Å². The molecule has 6 nitrogen and oxygen atoms in total. The van der Waals surface area contributed by atoms with Crippen LogP contribution in [-0.2, 0) is 16.0 Å². The van der Waals surface area contributed by atoms with Gasteiger partial charge in [-0.3, -0.25) is 4.79 Å². The van der Waals surface area contributed by atoms with E-state index in [4.69, 9.17) is 0 Å². The molecule has 0 amide bonds. The topological polar surface area (TPSA) is 79.9 Å².